The second kappa shape index (κ2) is 12.4. The summed E-state index contributed by atoms with van der Waals surface area (Å²) in [6.45, 7) is -0.446. The van der Waals surface area contributed by atoms with E-state index in [1.807, 2.05) is 0 Å². The molecule has 0 aromatic rings. The maximum absolute atomic E-state index is 10.5. The standard InChI is InChI=1S/C6H12O6.C6H12O5/c7-1-3(9)5(11)6(12)4(10)2-8;1-3(8)5(10)6(11)4(9)2-7/h3,5-9,11-12H,1-2H2;2-6,8-11H,1H3/t3-,5-,6-;3-,4+,5+,6-/m11/s1. The van der Waals surface area contributed by atoms with E-state index in [0.29, 0.717) is 0 Å². The zero-order valence-corrected chi connectivity index (χ0v) is 12.4. The monoisotopic (exact) mass is 344 g/mol. The fourth-order valence-electron chi connectivity index (χ4n) is 1.17. The Hall–Kier alpha value is -1.02. The summed E-state index contributed by atoms with van der Waals surface area (Å²) in [6, 6.07) is 0. The number of hydrogen-bond donors (Lipinski definition) is 9. The summed E-state index contributed by atoms with van der Waals surface area (Å²) in [5.41, 5.74) is 0. The molecule has 0 aromatic heterocycles. The highest BCUT2D eigenvalue weighted by atomic mass is 16.4. The van der Waals surface area contributed by atoms with Crippen molar-refractivity contribution in [3.63, 3.8) is 0 Å². The third-order valence-electron chi connectivity index (χ3n) is 2.72. The van der Waals surface area contributed by atoms with E-state index in [-0.39, 0.29) is 6.29 Å². The van der Waals surface area contributed by atoms with E-state index in [2.05, 4.69) is 0 Å². The van der Waals surface area contributed by atoms with Crippen molar-refractivity contribution >= 4 is 12.1 Å². The number of aliphatic hydroxyl groups is 9. The molecule has 23 heavy (non-hydrogen) atoms. The Morgan fingerprint density at radius 3 is 1.70 bits per heavy atom. The highest BCUT2D eigenvalue weighted by Gasteiger charge is 2.29. The number of carbonyl (C=O) groups is 2. The summed E-state index contributed by atoms with van der Waals surface area (Å²) in [5, 5.41) is 78.2. The Bertz CT molecular complexity index is 335. The predicted molar refractivity (Wildman–Crippen MR) is 73.0 cm³/mol. The van der Waals surface area contributed by atoms with E-state index in [9.17, 15) is 9.59 Å². The maximum Gasteiger partial charge on any atom is 0.189 e. The Morgan fingerprint density at radius 1 is 0.913 bits per heavy atom. The van der Waals surface area contributed by atoms with Crippen molar-refractivity contribution in [1.29, 1.82) is 0 Å². The van der Waals surface area contributed by atoms with E-state index < -0.39 is 61.7 Å². The van der Waals surface area contributed by atoms with Crippen molar-refractivity contribution in [2.24, 2.45) is 0 Å². The molecule has 0 bridgehead atoms. The lowest BCUT2D eigenvalue weighted by atomic mass is 10.1. The zero-order valence-electron chi connectivity index (χ0n) is 12.4. The molecule has 0 aliphatic carbocycles. The van der Waals surface area contributed by atoms with Crippen LogP contribution in [0.5, 0.6) is 0 Å². The van der Waals surface area contributed by atoms with Gasteiger partial charge in [-0.15, -0.1) is 0 Å². The summed E-state index contributed by atoms with van der Waals surface area (Å²) in [4.78, 5) is 20.4. The summed E-state index contributed by atoms with van der Waals surface area (Å²) in [6.07, 6.45) is -11.1. The van der Waals surface area contributed by atoms with Gasteiger partial charge in [-0.2, -0.15) is 0 Å². The van der Waals surface area contributed by atoms with Crippen molar-refractivity contribution in [3.8, 4) is 0 Å². The summed E-state index contributed by atoms with van der Waals surface area (Å²) in [5.74, 6) is -1.00. The van der Waals surface area contributed by atoms with E-state index >= 15 is 0 Å². The van der Waals surface area contributed by atoms with Gasteiger partial charge < -0.3 is 50.8 Å². The van der Waals surface area contributed by atoms with Crippen molar-refractivity contribution in [3.05, 3.63) is 0 Å². The van der Waals surface area contributed by atoms with Crippen molar-refractivity contribution in [1.82, 2.24) is 0 Å². The minimum atomic E-state index is -1.86. The molecule has 0 fully saturated rings. The molecule has 0 unspecified atom stereocenters. The van der Waals surface area contributed by atoms with Crippen molar-refractivity contribution in [2.75, 3.05) is 13.2 Å². The van der Waals surface area contributed by atoms with Crippen LogP contribution in [0.3, 0.4) is 0 Å². The first-order valence-corrected chi connectivity index (χ1v) is 6.51. The van der Waals surface area contributed by atoms with Gasteiger partial charge in [-0.3, -0.25) is 4.79 Å². The fraction of sp³-hybridized carbons (Fsp3) is 0.833. The van der Waals surface area contributed by atoms with E-state index in [1.165, 1.54) is 6.92 Å². The number of rotatable bonds is 9. The van der Waals surface area contributed by atoms with Crippen molar-refractivity contribution < 1.29 is 55.5 Å². The van der Waals surface area contributed by atoms with Crippen LogP contribution in [0.1, 0.15) is 6.92 Å². The van der Waals surface area contributed by atoms with Crippen LogP contribution >= 0.6 is 0 Å². The third-order valence-corrected chi connectivity index (χ3v) is 2.72. The average molecular weight is 344 g/mol. The highest BCUT2D eigenvalue weighted by Crippen LogP contribution is 2.02. The number of ketones is 1. The smallest absolute Gasteiger partial charge is 0.189 e. The first kappa shape index (κ1) is 24.2. The minimum absolute atomic E-state index is 0.0935. The van der Waals surface area contributed by atoms with Crippen LogP contribution in [0.2, 0.25) is 0 Å². The highest BCUT2D eigenvalue weighted by molar-refractivity contribution is 5.84. The van der Waals surface area contributed by atoms with Gasteiger partial charge >= 0.3 is 0 Å². The molecule has 11 nitrogen and oxygen atoms in total. The number of hydrogen-bond acceptors (Lipinski definition) is 11. The van der Waals surface area contributed by atoms with Crippen molar-refractivity contribution in [2.45, 2.75) is 49.7 Å². The topological polar surface area (TPSA) is 216 Å². The van der Waals surface area contributed by atoms with Gasteiger partial charge in [0.05, 0.1) is 12.7 Å². The van der Waals surface area contributed by atoms with Gasteiger partial charge in [0.15, 0.2) is 12.1 Å². The van der Waals surface area contributed by atoms with Crippen LogP contribution in [0.4, 0.5) is 0 Å². The molecule has 0 rings (SSSR count). The molecule has 0 aliphatic heterocycles. The molecule has 7 atom stereocenters. The molecule has 0 aliphatic rings. The summed E-state index contributed by atoms with van der Waals surface area (Å²) >= 11 is 0. The average Bonchev–Trinajstić information content (AvgIpc) is 2.56. The second-order valence-electron chi connectivity index (χ2n) is 4.66. The Morgan fingerprint density at radius 2 is 1.39 bits per heavy atom. The summed E-state index contributed by atoms with van der Waals surface area (Å²) < 4.78 is 0. The first-order valence-electron chi connectivity index (χ1n) is 6.51. The Balaban J connectivity index is 0. The molecule has 138 valence electrons. The minimum Gasteiger partial charge on any atom is -0.394 e. The van der Waals surface area contributed by atoms with Gasteiger partial charge in [0, 0.05) is 0 Å². The lowest BCUT2D eigenvalue weighted by molar-refractivity contribution is -0.142. The van der Waals surface area contributed by atoms with Crippen LogP contribution < -0.4 is 0 Å². The fourth-order valence-corrected chi connectivity index (χ4v) is 1.17. The van der Waals surface area contributed by atoms with E-state index in [1.54, 1.807) is 0 Å². The van der Waals surface area contributed by atoms with Crippen LogP contribution in [0.15, 0.2) is 0 Å². The predicted octanol–water partition coefficient (Wildman–Crippen LogP) is -5.73. The van der Waals surface area contributed by atoms with E-state index in [4.69, 9.17) is 46.0 Å². The third kappa shape index (κ3) is 9.00. The van der Waals surface area contributed by atoms with Gasteiger partial charge in [0.2, 0.25) is 0 Å². The van der Waals surface area contributed by atoms with Crippen LogP contribution in [0.25, 0.3) is 0 Å². The molecule has 0 aromatic carbocycles. The molecule has 9 N–H and O–H groups in total. The lowest BCUT2D eigenvalue weighted by Gasteiger charge is -2.21. The molecule has 11 heteroatoms. The number of carbonyl (C=O) groups excluding carboxylic acids is 2. The molecule has 0 spiro atoms. The van der Waals surface area contributed by atoms with Gasteiger partial charge in [0.25, 0.3) is 0 Å². The largest absolute Gasteiger partial charge is 0.394 e. The molecule has 0 saturated carbocycles. The Kier molecular flexibility index (Phi) is 13.1. The second-order valence-corrected chi connectivity index (χ2v) is 4.66. The first-order chi connectivity index (χ1) is 10.5. The number of Topliss-reactive ketones (excluding diaryl/α,β-unsaturated/α-hetero) is 1. The normalized spacial score (nSPS) is 20.1. The zero-order chi connectivity index (χ0) is 18.7. The number of aldehydes is 1. The number of aliphatic hydroxyl groups excluding tert-OH is 9. The molecular weight excluding hydrogens is 320 g/mol. The Labute approximate surface area is 131 Å². The van der Waals surface area contributed by atoms with Gasteiger partial charge in [-0.25, -0.2) is 0 Å². The van der Waals surface area contributed by atoms with E-state index in [0.717, 1.165) is 0 Å². The van der Waals surface area contributed by atoms with Gasteiger partial charge in [-0.1, -0.05) is 0 Å². The SMILES string of the molecule is C[C@@H](O)[C@H](O)[C@H](O)[C@@H](O)C=O.O=C(CO)[C@@H](O)[C@H](O)[C@H](O)CO. The molecule has 0 heterocycles. The van der Waals surface area contributed by atoms with Gasteiger partial charge in [-0.05, 0) is 6.92 Å². The maximum atomic E-state index is 10.5. The quantitative estimate of drug-likeness (QED) is 0.179. The van der Waals surface area contributed by atoms with Crippen LogP contribution in [0, 0.1) is 0 Å². The van der Waals surface area contributed by atoms with Gasteiger partial charge in [0.1, 0.15) is 43.2 Å². The van der Waals surface area contributed by atoms with Crippen LogP contribution in [-0.4, -0.2) is 114 Å². The summed E-state index contributed by atoms with van der Waals surface area (Å²) in [7, 11) is 0. The van der Waals surface area contributed by atoms with Crippen LogP contribution in [-0.2, 0) is 9.59 Å². The molecule has 0 amide bonds. The molecule has 0 saturated heterocycles. The molecular formula is C12H24O11. The lowest BCUT2D eigenvalue weighted by Crippen LogP contribution is -2.44. The molecule has 0 radical (unpaired) electrons.